The predicted molar refractivity (Wildman–Crippen MR) is 91.5 cm³/mol. The number of halogens is 1. The van der Waals surface area contributed by atoms with E-state index in [-0.39, 0.29) is 5.82 Å². The quantitative estimate of drug-likeness (QED) is 0.729. The number of rotatable bonds is 3. The third-order valence-corrected chi connectivity index (χ3v) is 5.10. The van der Waals surface area contributed by atoms with Crippen LogP contribution in [0.2, 0.25) is 0 Å². The van der Waals surface area contributed by atoms with Crippen molar-refractivity contribution >= 4 is 16.7 Å². The Kier molecular flexibility index (Phi) is 3.34. The lowest BCUT2D eigenvalue weighted by molar-refractivity contribution is 0.108. The molecule has 0 N–H and O–H groups in total. The van der Waals surface area contributed by atoms with Gasteiger partial charge in [-0.2, -0.15) is 0 Å². The Morgan fingerprint density at radius 3 is 2.80 bits per heavy atom. The van der Waals surface area contributed by atoms with Gasteiger partial charge in [0.15, 0.2) is 0 Å². The molecular formula is C18H17FN6. The molecule has 2 unspecified atom stereocenters. The standard InChI is InChI=1S/C18H17FN6/c19-13-3-12(5-21-6-13)8-24-9-14-4-15(10-24)25(14)18-16-1-2-20-7-17(16)22-11-23-18/h1-3,5-7,11,14-15H,4,8-10H2. The highest BCUT2D eigenvalue weighted by molar-refractivity contribution is 5.89. The SMILES string of the molecule is Fc1cncc(CN2CC3CC(C2)N3c2ncnc3cnccc23)c1. The van der Waals surface area contributed by atoms with Crippen molar-refractivity contribution in [2.75, 3.05) is 18.0 Å². The summed E-state index contributed by atoms with van der Waals surface area (Å²) in [6.07, 6.45) is 9.34. The van der Waals surface area contributed by atoms with E-state index in [2.05, 4.69) is 29.7 Å². The van der Waals surface area contributed by atoms with Gasteiger partial charge in [-0.15, -0.1) is 0 Å². The predicted octanol–water partition coefficient (Wildman–Crippen LogP) is 2.02. The Labute approximate surface area is 144 Å². The van der Waals surface area contributed by atoms with E-state index in [1.54, 1.807) is 31.0 Å². The lowest BCUT2D eigenvalue weighted by atomic mass is 9.87. The third kappa shape index (κ3) is 2.51. The van der Waals surface area contributed by atoms with Crippen LogP contribution in [0.3, 0.4) is 0 Å². The molecule has 25 heavy (non-hydrogen) atoms. The van der Waals surface area contributed by atoms with Gasteiger partial charge < -0.3 is 4.90 Å². The molecule has 0 saturated carbocycles. The van der Waals surface area contributed by atoms with Crippen molar-refractivity contribution in [2.24, 2.45) is 0 Å². The minimum atomic E-state index is -0.276. The summed E-state index contributed by atoms with van der Waals surface area (Å²) in [6, 6.07) is 4.42. The van der Waals surface area contributed by atoms with Gasteiger partial charge in [0, 0.05) is 49.5 Å². The summed E-state index contributed by atoms with van der Waals surface area (Å²) in [4.78, 5) is 21.7. The summed E-state index contributed by atoms with van der Waals surface area (Å²) in [6.45, 7) is 2.63. The van der Waals surface area contributed by atoms with E-state index in [4.69, 9.17) is 0 Å². The summed E-state index contributed by atoms with van der Waals surface area (Å²) >= 11 is 0. The molecule has 6 heterocycles. The minimum absolute atomic E-state index is 0.276. The molecular weight excluding hydrogens is 319 g/mol. The Morgan fingerprint density at radius 1 is 1.08 bits per heavy atom. The van der Waals surface area contributed by atoms with Gasteiger partial charge in [0.05, 0.1) is 17.9 Å². The van der Waals surface area contributed by atoms with Crippen LogP contribution >= 0.6 is 0 Å². The van der Waals surface area contributed by atoms with Crippen molar-refractivity contribution in [3.05, 3.63) is 54.6 Å². The molecule has 0 aromatic carbocycles. The molecule has 3 fully saturated rings. The monoisotopic (exact) mass is 336 g/mol. The Bertz CT molecular complexity index is 915. The molecule has 6 nitrogen and oxygen atoms in total. The van der Waals surface area contributed by atoms with Crippen LogP contribution in [-0.4, -0.2) is 50.0 Å². The zero-order valence-electron chi connectivity index (χ0n) is 13.6. The second kappa shape index (κ2) is 5.70. The number of nitrogens with zero attached hydrogens (tertiary/aromatic N) is 6. The molecule has 3 aromatic rings. The number of hydrogen-bond acceptors (Lipinski definition) is 6. The average molecular weight is 336 g/mol. The number of fused-ring (bicyclic) bond motifs is 3. The van der Waals surface area contributed by atoms with E-state index in [0.29, 0.717) is 12.1 Å². The smallest absolute Gasteiger partial charge is 0.141 e. The molecule has 6 rings (SSSR count). The van der Waals surface area contributed by atoms with E-state index < -0.39 is 0 Å². The summed E-state index contributed by atoms with van der Waals surface area (Å²) in [7, 11) is 0. The Morgan fingerprint density at radius 2 is 1.96 bits per heavy atom. The van der Waals surface area contributed by atoms with Crippen molar-refractivity contribution in [1.29, 1.82) is 0 Å². The van der Waals surface area contributed by atoms with Crippen molar-refractivity contribution in [1.82, 2.24) is 24.8 Å². The number of hydrogen-bond donors (Lipinski definition) is 0. The number of aromatic nitrogens is 4. The van der Waals surface area contributed by atoms with E-state index in [1.165, 1.54) is 12.6 Å². The van der Waals surface area contributed by atoms with Crippen LogP contribution in [-0.2, 0) is 6.54 Å². The van der Waals surface area contributed by atoms with E-state index in [1.807, 2.05) is 6.07 Å². The van der Waals surface area contributed by atoms with Crippen LogP contribution < -0.4 is 4.90 Å². The number of anilines is 1. The molecule has 2 atom stereocenters. The van der Waals surface area contributed by atoms with Gasteiger partial charge in [0.1, 0.15) is 18.0 Å². The maximum Gasteiger partial charge on any atom is 0.141 e. The highest BCUT2D eigenvalue weighted by atomic mass is 19.1. The topological polar surface area (TPSA) is 58.0 Å². The molecule has 3 aromatic heterocycles. The molecule has 3 saturated heterocycles. The van der Waals surface area contributed by atoms with Gasteiger partial charge in [-0.3, -0.25) is 14.9 Å². The summed E-state index contributed by atoms with van der Waals surface area (Å²) in [5.41, 5.74) is 1.80. The molecule has 0 amide bonds. The van der Waals surface area contributed by atoms with Crippen molar-refractivity contribution in [3.8, 4) is 0 Å². The van der Waals surface area contributed by atoms with E-state index in [9.17, 15) is 4.39 Å². The van der Waals surface area contributed by atoms with Crippen LogP contribution in [0.15, 0.2) is 43.2 Å². The normalized spacial score (nSPS) is 22.8. The first-order chi connectivity index (χ1) is 12.3. The highest BCUT2D eigenvalue weighted by Crippen LogP contribution is 2.38. The first-order valence-corrected chi connectivity index (χ1v) is 8.43. The van der Waals surface area contributed by atoms with Gasteiger partial charge in [-0.1, -0.05) is 0 Å². The molecule has 7 heteroatoms. The van der Waals surface area contributed by atoms with Crippen LogP contribution in [0.1, 0.15) is 12.0 Å². The molecule has 0 aliphatic carbocycles. The zero-order valence-corrected chi connectivity index (χ0v) is 13.6. The Hall–Kier alpha value is -2.67. The van der Waals surface area contributed by atoms with Gasteiger partial charge in [0.25, 0.3) is 0 Å². The lowest BCUT2D eigenvalue weighted by Gasteiger charge is -2.57. The minimum Gasteiger partial charge on any atom is -0.347 e. The molecule has 126 valence electrons. The molecule has 0 spiro atoms. The fourth-order valence-corrected chi connectivity index (χ4v) is 4.07. The second-order valence-electron chi connectivity index (χ2n) is 6.75. The fourth-order valence-electron chi connectivity index (χ4n) is 4.07. The third-order valence-electron chi connectivity index (χ3n) is 5.10. The first kappa shape index (κ1) is 14.7. The second-order valence-corrected chi connectivity index (χ2v) is 6.75. The summed E-state index contributed by atoms with van der Waals surface area (Å²) in [5.74, 6) is 0.725. The largest absolute Gasteiger partial charge is 0.347 e. The average Bonchev–Trinajstić information content (AvgIpc) is 2.62. The first-order valence-electron chi connectivity index (χ1n) is 8.43. The summed E-state index contributed by atoms with van der Waals surface area (Å²) in [5, 5.41) is 1.05. The van der Waals surface area contributed by atoms with Gasteiger partial charge in [-0.25, -0.2) is 14.4 Å². The van der Waals surface area contributed by atoms with Crippen molar-refractivity contribution in [2.45, 2.75) is 25.0 Å². The molecule has 0 radical (unpaired) electrons. The number of pyridine rings is 2. The fraction of sp³-hybridized carbons (Fsp3) is 0.333. The zero-order chi connectivity index (χ0) is 16.8. The number of piperidine rings is 1. The molecule has 2 bridgehead atoms. The van der Waals surface area contributed by atoms with E-state index >= 15 is 0 Å². The van der Waals surface area contributed by atoms with Crippen molar-refractivity contribution in [3.63, 3.8) is 0 Å². The highest BCUT2D eigenvalue weighted by Gasteiger charge is 2.45. The van der Waals surface area contributed by atoms with Crippen LogP contribution in [0, 0.1) is 5.82 Å². The molecule has 3 aliphatic rings. The van der Waals surface area contributed by atoms with Gasteiger partial charge in [0.2, 0.25) is 0 Å². The van der Waals surface area contributed by atoms with Crippen molar-refractivity contribution < 1.29 is 4.39 Å². The van der Waals surface area contributed by atoms with Gasteiger partial charge in [-0.05, 0) is 24.1 Å². The van der Waals surface area contributed by atoms with E-state index in [0.717, 1.165) is 41.9 Å². The van der Waals surface area contributed by atoms with Crippen LogP contribution in [0.25, 0.3) is 10.9 Å². The van der Waals surface area contributed by atoms with Crippen LogP contribution in [0.4, 0.5) is 10.2 Å². The molecule has 3 aliphatic heterocycles. The lowest BCUT2D eigenvalue weighted by Crippen LogP contribution is -2.69. The van der Waals surface area contributed by atoms with Crippen LogP contribution in [0.5, 0.6) is 0 Å². The maximum absolute atomic E-state index is 13.3. The number of piperazine rings is 1. The summed E-state index contributed by atoms with van der Waals surface area (Å²) < 4.78 is 13.3. The van der Waals surface area contributed by atoms with Gasteiger partial charge >= 0.3 is 0 Å². The maximum atomic E-state index is 13.3. The Balaban J connectivity index is 1.36.